The van der Waals surface area contributed by atoms with Crippen LogP contribution < -0.4 is 0 Å². The van der Waals surface area contributed by atoms with E-state index in [2.05, 4.69) is 20.4 Å². The summed E-state index contributed by atoms with van der Waals surface area (Å²) in [5.41, 5.74) is 1.45. The molecule has 3 heterocycles. The second kappa shape index (κ2) is 7.28. The molecule has 0 spiro atoms. The SMILES string of the molecule is O=C(c1cccc(-n2cnnn2)c1)N1CCN(C[C@H]2CCCO2)CC1. The summed E-state index contributed by atoms with van der Waals surface area (Å²) in [6.45, 7) is 5.18. The Kier molecular flexibility index (Phi) is 4.71. The number of hydrogen-bond acceptors (Lipinski definition) is 6. The fraction of sp³-hybridized carbons (Fsp3) is 0.529. The molecule has 4 rings (SSSR count). The Bertz CT molecular complexity index is 706. The van der Waals surface area contributed by atoms with E-state index in [1.807, 2.05) is 29.2 Å². The summed E-state index contributed by atoms with van der Waals surface area (Å²) in [5.74, 6) is 0.0618. The molecule has 25 heavy (non-hydrogen) atoms. The number of nitrogens with zero attached hydrogens (tertiary/aromatic N) is 6. The maximum atomic E-state index is 12.8. The number of tetrazole rings is 1. The zero-order valence-electron chi connectivity index (χ0n) is 14.1. The molecule has 0 bridgehead atoms. The van der Waals surface area contributed by atoms with Gasteiger partial charge in [0.05, 0.1) is 11.8 Å². The van der Waals surface area contributed by atoms with E-state index in [0.29, 0.717) is 11.7 Å². The van der Waals surface area contributed by atoms with E-state index in [1.165, 1.54) is 12.7 Å². The second-order valence-corrected chi connectivity index (χ2v) is 6.53. The van der Waals surface area contributed by atoms with Gasteiger partial charge in [0.25, 0.3) is 5.91 Å². The first-order chi connectivity index (χ1) is 12.3. The van der Waals surface area contributed by atoms with E-state index >= 15 is 0 Å². The van der Waals surface area contributed by atoms with Crippen molar-refractivity contribution in [3.8, 4) is 5.69 Å². The zero-order chi connectivity index (χ0) is 17.1. The molecule has 0 radical (unpaired) electrons. The first kappa shape index (κ1) is 16.2. The van der Waals surface area contributed by atoms with Gasteiger partial charge in [-0.25, -0.2) is 4.68 Å². The van der Waals surface area contributed by atoms with Crippen molar-refractivity contribution >= 4 is 5.91 Å². The number of piperazine rings is 1. The molecule has 0 N–H and O–H groups in total. The van der Waals surface area contributed by atoms with E-state index in [-0.39, 0.29) is 5.91 Å². The molecular formula is C17H22N6O2. The monoisotopic (exact) mass is 342 g/mol. The third kappa shape index (κ3) is 3.69. The van der Waals surface area contributed by atoms with Gasteiger partial charge < -0.3 is 9.64 Å². The van der Waals surface area contributed by atoms with Crippen molar-refractivity contribution in [2.24, 2.45) is 0 Å². The first-order valence-corrected chi connectivity index (χ1v) is 8.76. The molecule has 0 saturated carbocycles. The fourth-order valence-electron chi connectivity index (χ4n) is 3.45. The molecule has 2 fully saturated rings. The van der Waals surface area contributed by atoms with Gasteiger partial charge in [0.2, 0.25) is 0 Å². The van der Waals surface area contributed by atoms with Crippen LogP contribution >= 0.6 is 0 Å². The minimum Gasteiger partial charge on any atom is -0.377 e. The van der Waals surface area contributed by atoms with Gasteiger partial charge in [0.15, 0.2) is 0 Å². The highest BCUT2D eigenvalue weighted by molar-refractivity contribution is 5.94. The Labute approximate surface area is 146 Å². The quantitative estimate of drug-likeness (QED) is 0.810. The number of benzene rings is 1. The highest BCUT2D eigenvalue weighted by atomic mass is 16.5. The lowest BCUT2D eigenvalue weighted by Crippen LogP contribution is -2.50. The third-order valence-electron chi connectivity index (χ3n) is 4.85. The molecule has 2 saturated heterocycles. The summed E-state index contributed by atoms with van der Waals surface area (Å²) in [4.78, 5) is 17.1. The van der Waals surface area contributed by atoms with E-state index in [0.717, 1.165) is 51.4 Å². The zero-order valence-corrected chi connectivity index (χ0v) is 14.1. The average Bonchev–Trinajstić information content (AvgIpc) is 3.36. The van der Waals surface area contributed by atoms with Crippen molar-refractivity contribution in [2.45, 2.75) is 18.9 Å². The molecule has 2 aromatic rings. The predicted molar refractivity (Wildman–Crippen MR) is 90.5 cm³/mol. The summed E-state index contributed by atoms with van der Waals surface area (Å²) in [7, 11) is 0. The Hall–Kier alpha value is -2.32. The molecule has 132 valence electrons. The Balaban J connectivity index is 1.36. The summed E-state index contributed by atoms with van der Waals surface area (Å²) in [6, 6.07) is 7.41. The van der Waals surface area contributed by atoms with Crippen LogP contribution in [0, 0.1) is 0 Å². The van der Waals surface area contributed by atoms with Crippen LogP contribution in [0.5, 0.6) is 0 Å². The summed E-state index contributed by atoms with van der Waals surface area (Å²) >= 11 is 0. The summed E-state index contributed by atoms with van der Waals surface area (Å²) in [6.07, 6.45) is 4.22. The number of amides is 1. The first-order valence-electron chi connectivity index (χ1n) is 8.76. The largest absolute Gasteiger partial charge is 0.377 e. The van der Waals surface area contributed by atoms with Gasteiger partial charge in [-0.2, -0.15) is 0 Å². The van der Waals surface area contributed by atoms with Gasteiger partial charge in [-0.3, -0.25) is 9.69 Å². The predicted octanol–water partition coefficient (Wildman–Crippen LogP) is 0.599. The molecule has 2 aliphatic heterocycles. The van der Waals surface area contributed by atoms with E-state index in [4.69, 9.17) is 4.74 Å². The van der Waals surface area contributed by atoms with Crippen LogP contribution in [0.1, 0.15) is 23.2 Å². The highest BCUT2D eigenvalue weighted by Crippen LogP contribution is 2.16. The molecule has 1 amide bonds. The average molecular weight is 342 g/mol. The molecule has 1 aromatic heterocycles. The summed E-state index contributed by atoms with van der Waals surface area (Å²) in [5, 5.41) is 11.1. The van der Waals surface area contributed by atoms with Crippen LogP contribution in [0.15, 0.2) is 30.6 Å². The molecule has 0 aliphatic carbocycles. The molecular weight excluding hydrogens is 320 g/mol. The van der Waals surface area contributed by atoms with Gasteiger partial charge >= 0.3 is 0 Å². The molecule has 1 aromatic carbocycles. The number of rotatable bonds is 4. The third-order valence-corrected chi connectivity index (χ3v) is 4.85. The molecule has 8 nitrogen and oxygen atoms in total. The standard InChI is InChI=1S/C17H22N6O2/c24-17(14-3-1-4-15(11-14)23-13-18-19-20-23)22-8-6-21(7-9-22)12-16-5-2-10-25-16/h1,3-4,11,13,16H,2,5-10,12H2/t16-/m1/s1. The maximum Gasteiger partial charge on any atom is 0.254 e. The molecule has 0 unspecified atom stereocenters. The lowest BCUT2D eigenvalue weighted by atomic mass is 10.1. The normalized spacial score (nSPS) is 21.6. The molecule has 8 heteroatoms. The van der Waals surface area contributed by atoms with Crippen LogP contribution in [0.3, 0.4) is 0 Å². The minimum atomic E-state index is 0.0618. The number of hydrogen-bond donors (Lipinski definition) is 0. The number of ether oxygens (including phenoxy) is 1. The van der Waals surface area contributed by atoms with Gasteiger partial charge in [0.1, 0.15) is 6.33 Å². The summed E-state index contributed by atoms with van der Waals surface area (Å²) < 4.78 is 7.26. The Morgan fingerprint density at radius 1 is 1.24 bits per heavy atom. The van der Waals surface area contributed by atoms with Crippen LogP contribution in [-0.2, 0) is 4.74 Å². The van der Waals surface area contributed by atoms with E-state index < -0.39 is 0 Å². The van der Waals surface area contributed by atoms with Crippen molar-refractivity contribution in [3.05, 3.63) is 36.2 Å². The van der Waals surface area contributed by atoms with Crippen LogP contribution in [0.4, 0.5) is 0 Å². The van der Waals surface area contributed by atoms with Crippen molar-refractivity contribution in [2.75, 3.05) is 39.3 Å². The van der Waals surface area contributed by atoms with Gasteiger partial charge in [-0.15, -0.1) is 5.10 Å². The Morgan fingerprint density at radius 3 is 2.84 bits per heavy atom. The van der Waals surface area contributed by atoms with Gasteiger partial charge in [-0.1, -0.05) is 6.07 Å². The fourth-order valence-corrected chi connectivity index (χ4v) is 3.45. The van der Waals surface area contributed by atoms with Crippen molar-refractivity contribution < 1.29 is 9.53 Å². The molecule has 1 atom stereocenters. The van der Waals surface area contributed by atoms with Crippen LogP contribution in [-0.4, -0.2) is 81.3 Å². The lowest BCUT2D eigenvalue weighted by molar-refractivity contribution is 0.0432. The van der Waals surface area contributed by atoms with Crippen LogP contribution in [0.25, 0.3) is 5.69 Å². The number of carbonyl (C=O) groups excluding carboxylic acids is 1. The van der Waals surface area contributed by atoms with Gasteiger partial charge in [0, 0.05) is 44.9 Å². The number of aromatic nitrogens is 4. The minimum absolute atomic E-state index is 0.0618. The number of carbonyl (C=O) groups is 1. The lowest BCUT2D eigenvalue weighted by Gasteiger charge is -2.35. The van der Waals surface area contributed by atoms with Crippen molar-refractivity contribution in [1.82, 2.24) is 30.0 Å². The van der Waals surface area contributed by atoms with E-state index in [1.54, 1.807) is 4.68 Å². The highest BCUT2D eigenvalue weighted by Gasteiger charge is 2.25. The topological polar surface area (TPSA) is 76.4 Å². The van der Waals surface area contributed by atoms with Crippen molar-refractivity contribution in [1.29, 1.82) is 0 Å². The van der Waals surface area contributed by atoms with Crippen LogP contribution in [0.2, 0.25) is 0 Å². The van der Waals surface area contributed by atoms with Gasteiger partial charge in [-0.05, 0) is 41.5 Å². The maximum absolute atomic E-state index is 12.8. The molecule has 2 aliphatic rings. The Morgan fingerprint density at radius 2 is 2.12 bits per heavy atom. The second-order valence-electron chi connectivity index (χ2n) is 6.53. The van der Waals surface area contributed by atoms with E-state index in [9.17, 15) is 4.79 Å². The smallest absolute Gasteiger partial charge is 0.254 e. The van der Waals surface area contributed by atoms with Crippen molar-refractivity contribution in [3.63, 3.8) is 0 Å².